The molecule has 0 amide bonds. The third kappa shape index (κ3) is 4.09. The SMILES string of the molecule is [CH2]C(S)CC=C. The van der Waals surface area contributed by atoms with Gasteiger partial charge in [-0.15, -0.1) is 6.58 Å². The smallest absolute Gasteiger partial charge is 0.00516 e. The first kappa shape index (κ1) is 6.09. The second-order valence-corrected chi connectivity index (χ2v) is 1.91. The summed E-state index contributed by atoms with van der Waals surface area (Å²) in [5, 5.41) is 0.225. The predicted octanol–water partition coefficient (Wildman–Crippen LogP) is 1.69. The number of rotatable bonds is 2. The quantitative estimate of drug-likeness (QED) is 0.397. The third-order valence-corrected chi connectivity index (χ3v) is 0.650. The number of allylic oxidation sites excluding steroid dienone is 1. The minimum absolute atomic E-state index is 0.225. The Morgan fingerprint density at radius 1 is 1.83 bits per heavy atom. The van der Waals surface area contributed by atoms with Crippen LogP contribution in [0.5, 0.6) is 0 Å². The van der Waals surface area contributed by atoms with Crippen molar-refractivity contribution in [2.24, 2.45) is 0 Å². The van der Waals surface area contributed by atoms with Crippen molar-refractivity contribution in [1.29, 1.82) is 0 Å². The molecule has 0 bridgehead atoms. The molecule has 0 aromatic rings. The highest BCUT2D eigenvalue weighted by molar-refractivity contribution is 7.81. The summed E-state index contributed by atoms with van der Waals surface area (Å²) in [5.74, 6) is 0. The van der Waals surface area contributed by atoms with Crippen molar-refractivity contribution < 1.29 is 0 Å². The zero-order valence-corrected chi connectivity index (χ0v) is 4.62. The maximum absolute atomic E-state index is 4.00. The van der Waals surface area contributed by atoms with Crippen LogP contribution in [0.3, 0.4) is 0 Å². The van der Waals surface area contributed by atoms with Gasteiger partial charge < -0.3 is 0 Å². The van der Waals surface area contributed by atoms with E-state index in [-0.39, 0.29) is 5.25 Å². The van der Waals surface area contributed by atoms with E-state index in [4.69, 9.17) is 0 Å². The van der Waals surface area contributed by atoms with E-state index < -0.39 is 0 Å². The summed E-state index contributed by atoms with van der Waals surface area (Å²) in [6.07, 6.45) is 2.70. The van der Waals surface area contributed by atoms with Crippen LogP contribution in [0.2, 0.25) is 0 Å². The predicted molar refractivity (Wildman–Crippen MR) is 32.9 cm³/mol. The monoisotopic (exact) mass is 101 g/mol. The van der Waals surface area contributed by atoms with Gasteiger partial charge in [0.05, 0.1) is 0 Å². The normalized spacial score (nSPS) is 13.7. The fraction of sp³-hybridized carbons (Fsp3) is 0.400. The van der Waals surface area contributed by atoms with Crippen molar-refractivity contribution in [3.63, 3.8) is 0 Å². The van der Waals surface area contributed by atoms with Crippen LogP contribution in [0.1, 0.15) is 6.42 Å². The molecule has 0 aliphatic carbocycles. The van der Waals surface area contributed by atoms with Gasteiger partial charge in [0.2, 0.25) is 0 Å². The van der Waals surface area contributed by atoms with Crippen molar-refractivity contribution in [2.45, 2.75) is 11.7 Å². The molecule has 0 N–H and O–H groups in total. The van der Waals surface area contributed by atoms with Gasteiger partial charge in [-0.2, -0.15) is 12.6 Å². The molecule has 1 heteroatoms. The topological polar surface area (TPSA) is 0 Å². The van der Waals surface area contributed by atoms with E-state index in [1.165, 1.54) is 0 Å². The highest BCUT2D eigenvalue weighted by Crippen LogP contribution is 1.96. The van der Waals surface area contributed by atoms with Crippen LogP contribution in [0.15, 0.2) is 12.7 Å². The highest BCUT2D eigenvalue weighted by Gasteiger charge is 1.84. The summed E-state index contributed by atoms with van der Waals surface area (Å²) < 4.78 is 0. The molecular formula is C5H9S. The Bertz CT molecular complexity index is 39.2. The van der Waals surface area contributed by atoms with E-state index in [1.807, 2.05) is 6.08 Å². The minimum atomic E-state index is 0.225. The maximum atomic E-state index is 4.00. The molecular weight excluding hydrogens is 92.1 g/mol. The fourth-order valence-corrected chi connectivity index (χ4v) is 0.341. The van der Waals surface area contributed by atoms with Gasteiger partial charge in [0, 0.05) is 5.25 Å². The summed E-state index contributed by atoms with van der Waals surface area (Å²) in [4.78, 5) is 0. The van der Waals surface area contributed by atoms with E-state index in [2.05, 4.69) is 26.1 Å². The molecule has 1 radical (unpaired) electrons. The molecule has 0 spiro atoms. The lowest BCUT2D eigenvalue weighted by Gasteiger charge is -1.91. The summed E-state index contributed by atoms with van der Waals surface area (Å²) in [6, 6.07) is 0. The van der Waals surface area contributed by atoms with Crippen molar-refractivity contribution in [2.75, 3.05) is 0 Å². The molecule has 0 saturated carbocycles. The molecule has 0 saturated heterocycles. The molecule has 0 aromatic heterocycles. The molecule has 1 unspecified atom stereocenters. The first-order chi connectivity index (χ1) is 2.77. The Labute approximate surface area is 44.7 Å². The van der Waals surface area contributed by atoms with E-state index in [1.54, 1.807) is 0 Å². The van der Waals surface area contributed by atoms with Gasteiger partial charge in [-0.3, -0.25) is 0 Å². The molecule has 0 aliphatic rings. The number of thiol groups is 1. The van der Waals surface area contributed by atoms with E-state index >= 15 is 0 Å². The average Bonchev–Trinajstić information content (AvgIpc) is 1.35. The largest absolute Gasteiger partial charge is 0.176 e. The average molecular weight is 101 g/mol. The molecule has 0 rings (SSSR count). The zero-order chi connectivity index (χ0) is 4.99. The van der Waals surface area contributed by atoms with Gasteiger partial charge in [0.25, 0.3) is 0 Å². The molecule has 6 heavy (non-hydrogen) atoms. The zero-order valence-electron chi connectivity index (χ0n) is 3.72. The summed E-state index contributed by atoms with van der Waals surface area (Å²) >= 11 is 4.00. The van der Waals surface area contributed by atoms with Gasteiger partial charge in [-0.25, -0.2) is 0 Å². The first-order valence-electron chi connectivity index (χ1n) is 1.89. The molecule has 0 heterocycles. The maximum Gasteiger partial charge on any atom is 0.00516 e. The summed E-state index contributed by atoms with van der Waals surface area (Å²) in [6.45, 7) is 7.13. The lowest BCUT2D eigenvalue weighted by molar-refractivity contribution is 1.08. The second-order valence-electron chi connectivity index (χ2n) is 1.18. The van der Waals surface area contributed by atoms with Gasteiger partial charge >= 0.3 is 0 Å². The lowest BCUT2D eigenvalue weighted by Crippen LogP contribution is -1.84. The van der Waals surface area contributed by atoms with E-state index in [0.717, 1.165) is 6.42 Å². The van der Waals surface area contributed by atoms with Crippen LogP contribution in [-0.4, -0.2) is 5.25 Å². The minimum Gasteiger partial charge on any atom is -0.176 e. The van der Waals surface area contributed by atoms with Crippen LogP contribution < -0.4 is 0 Å². The van der Waals surface area contributed by atoms with Crippen molar-refractivity contribution in [3.05, 3.63) is 19.6 Å². The van der Waals surface area contributed by atoms with Crippen molar-refractivity contribution in [1.82, 2.24) is 0 Å². The highest BCUT2D eigenvalue weighted by atomic mass is 32.1. The molecule has 0 nitrogen and oxygen atoms in total. The standard InChI is InChI=1S/C5H9S/c1-3-4-5(2)6/h3,5-6H,1-2,4H2. The van der Waals surface area contributed by atoms with Crippen molar-refractivity contribution >= 4 is 12.6 Å². The Hall–Kier alpha value is 0.0900. The Morgan fingerprint density at radius 2 is 2.33 bits per heavy atom. The van der Waals surface area contributed by atoms with Gasteiger partial charge in [-0.1, -0.05) is 6.08 Å². The first-order valence-corrected chi connectivity index (χ1v) is 2.41. The second kappa shape index (κ2) is 3.29. The van der Waals surface area contributed by atoms with Crippen LogP contribution in [0.25, 0.3) is 0 Å². The van der Waals surface area contributed by atoms with Crippen LogP contribution in [0.4, 0.5) is 0 Å². The lowest BCUT2D eigenvalue weighted by atomic mass is 10.3. The number of hydrogen-bond donors (Lipinski definition) is 1. The molecule has 0 aliphatic heterocycles. The van der Waals surface area contributed by atoms with Gasteiger partial charge in [0.15, 0.2) is 0 Å². The molecule has 1 atom stereocenters. The van der Waals surface area contributed by atoms with Crippen LogP contribution in [-0.2, 0) is 0 Å². The Morgan fingerprint density at radius 3 is 2.33 bits per heavy atom. The summed E-state index contributed by atoms with van der Waals surface area (Å²) in [7, 11) is 0. The molecule has 0 fully saturated rings. The van der Waals surface area contributed by atoms with E-state index in [9.17, 15) is 0 Å². The van der Waals surface area contributed by atoms with Crippen LogP contribution >= 0.6 is 12.6 Å². The fourth-order valence-electron chi connectivity index (χ4n) is 0.192. The number of hydrogen-bond acceptors (Lipinski definition) is 1. The van der Waals surface area contributed by atoms with Crippen molar-refractivity contribution in [3.8, 4) is 0 Å². The Balaban J connectivity index is 2.81. The van der Waals surface area contributed by atoms with Crippen LogP contribution in [0, 0.1) is 6.92 Å². The third-order valence-electron chi connectivity index (χ3n) is 0.439. The molecule has 0 aromatic carbocycles. The Kier molecular flexibility index (Phi) is 3.34. The van der Waals surface area contributed by atoms with Gasteiger partial charge in [0.1, 0.15) is 0 Å². The van der Waals surface area contributed by atoms with Gasteiger partial charge in [-0.05, 0) is 13.3 Å². The molecule has 35 valence electrons. The van der Waals surface area contributed by atoms with E-state index in [0.29, 0.717) is 0 Å². The summed E-state index contributed by atoms with van der Waals surface area (Å²) in [5.41, 5.74) is 0.